The second kappa shape index (κ2) is 6.60. The fourth-order valence-corrected chi connectivity index (χ4v) is 2.49. The third kappa shape index (κ3) is 5.15. The number of hydrogen-bond acceptors (Lipinski definition) is 2. The van der Waals surface area contributed by atoms with E-state index in [1.165, 1.54) is 12.1 Å². The predicted octanol–water partition coefficient (Wildman–Crippen LogP) is 2.98. The van der Waals surface area contributed by atoms with Gasteiger partial charge in [0.25, 0.3) is 5.91 Å². The maximum absolute atomic E-state index is 12.8. The van der Waals surface area contributed by atoms with Crippen molar-refractivity contribution in [1.82, 2.24) is 5.32 Å². The van der Waals surface area contributed by atoms with Crippen LogP contribution in [0.1, 0.15) is 36.7 Å². The van der Waals surface area contributed by atoms with E-state index in [4.69, 9.17) is 0 Å². The first-order chi connectivity index (χ1) is 9.53. The Morgan fingerprint density at radius 1 is 1.19 bits per heavy atom. The molecule has 0 aliphatic carbocycles. The monoisotopic (exact) mass is 321 g/mol. The van der Waals surface area contributed by atoms with Gasteiger partial charge in [-0.25, -0.2) is 0 Å². The zero-order valence-electron chi connectivity index (χ0n) is 12.1. The van der Waals surface area contributed by atoms with E-state index in [9.17, 15) is 22.2 Å². The van der Waals surface area contributed by atoms with Gasteiger partial charge in [0, 0.05) is 27.8 Å². The molecule has 1 aromatic rings. The summed E-state index contributed by atoms with van der Waals surface area (Å²) in [5, 5.41) is 2.38. The summed E-state index contributed by atoms with van der Waals surface area (Å²) in [6.07, 6.45) is -4.58. The third-order valence-corrected chi connectivity index (χ3v) is 4.67. The fraction of sp³-hybridized carbons (Fsp3) is 0.500. The van der Waals surface area contributed by atoms with Gasteiger partial charge in [-0.3, -0.25) is 9.00 Å². The number of rotatable bonds is 4. The maximum Gasteiger partial charge on any atom is 0.417 e. The number of nitrogens with one attached hydrogen (secondary N) is 1. The first kappa shape index (κ1) is 17.7. The van der Waals surface area contributed by atoms with Crippen molar-refractivity contribution in [2.24, 2.45) is 0 Å². The van der Waals surface area contributed by atoms with Crippen LogP contribution in [0.15, 0.2) is 24.3 Å². The highest BCUT2D eigenvalue weighted by Gasteiger charge is 2.34. The van der Waals surface area contributed by atoms with E-state index in [1.54, 1.807) is 20.8 Å². The molecular weight excluding hydrogens is 303 g/mol. The Morgan fingerprint density at radius 2 is 1.76 bits per heavy atom. The molecule has 0 saturated heterocycles. The minimum absolute atomic E-state index is 0.0644. The summed E-state index contributed by atoms with van der Waals surface area (Å²) < 4.78 is 49.7. The normalized spacial score (nSPS) is 13.8. The van der Waals surface area contributed by atoms with Crippen LogP contribution in [0.5, 0.6) is 0 Å². The number of benzene rings is 1. The summed E-state index contributed by atoms with van der Waals surface area (Å²) >= 11 is 0. The molecule has 1 amide bonds. The topological polar surface area (TPSA) is 46.2 Å². The second-order valence-corrected chi connectivity index (χ2v) is 7.79. The van der Waals surface area contributed by atoms with Crippen molar-refractivity contribution in [2.45, 2.75) is 31.7 Å². The average molecular weight is 321 g/mol. The van der Waals surface area contributed by atoms with Gasteiger partial charge in [0.15, 0.2) is 0 Å². The number of carbonyl (C=O) groups is 1. The molecule has 0 aromatic heterocycles. The molecule has 1 atom stereocenters. The SMILES string of the molecule is CC(C)(C)S(=O)CCNC(=O)c1ccccc1C(F)(F)F. The molecule has 0 radical (unpaired) electrons. The van der Waals surface area contributed by atoms with E-state index in [0.29, 0.717) is 0 Å². The highest BCUT2D eigenvalue weighted by Crippen LogP contribution is 2.31. The van der Waals surface area contributed by atoms with E-state index < -0.39 is 38.8 Å². The van der Waals surface area contributed by atoms with Gasteiger partial charge in [-0.2, -0.15) is 13.2 Å². The van der Waals surface area contributed by atoms with Gasteiger partial charge < -0.3 is 5.32 Å². The molecule has 0 aliphatic heterocycles. The first-order valence-corrected chi connectivity index (χ1v) is 7.68. The molecule has 0 spiro atoms. The molecule has 1 N–H and O–H groups in total. The van der Waals surface area contributed by atoms with Crippen LogP contribution in [-0.4, -0.2) is 27.2 Å². The molecule has 1 unspecified atom stereocenters. The Hall–Kier alpha value is -1.37. The van der Waals surface area contributed by atoms with Crippen LogP contribution in [0.3, 0.4) is 0 Å². The number of halogens is 3. The predicted molar refractivity (Wildman–Crippen MR) is 76.5 cm³/mol. The lowest BCUT2D eigenvalue weighted by Gasteiger charge is -2.18. The van der Waals surface area contributed by atoms with Crippen molar-refractivity contribution in [3.63, 3.8) is 0 Å². The minimum Gasteiger partial charge on any atom is -0.351 e. The van der Waals surface area contributed by atoms with Crippen LogP contribution < -0.4 is 5.32 Å². The van der Waals surface area contributed by atoms with Crippen LogP contribution in [0.2, 0.25) is 0 Å². The van der Waals surface area contributed by atoms with Crippen molar-refractivity contribution in [2.75, 3.05) is 12.3 Å². The van der Waals surface area contributed by atoms with Crippen LogP contribution in [0, 0.1) is 0 Å². The van der Waals surface area contributed by atoms with Crippen molar-refractivity contribution in [3.05, 3.63) is 35.4 Å². The second-order valence-electron chi connectivity index (χ2n) is 5.46. The molecule has 0 bridgehead atoms. The quantitative estimate of drug-likeness (QED) is 0.927. The van der Waals surface area contributed by atoms with Gasteiger partial charge in [0.2, 0.25) is 0 Å². The smallest absolute Gasteiger partial charge is 0.351 e. The Balaban J connectivity index is 2.72. The van der Waals surface area contributed by atoms with Crippen molar-refractivity contribution in [1.29, 1.82) is 0 Å². The van der Waals surface area contributed by atoms with E-state index in [-0.39, 0.29) is 12.3 Å². The molecule has 7 heteroatoms. The van der Waals surface area contributed by atoms with Crippen LogP contribution >= 0.6 is 0 Å². The number of hydrogen-bond donors (Lipinski definition) is 1. The summed E-state index contributed by atoms with van der Waals surface area (Å²) in [6, 6.07) is 4.59. The lowest BCUT2D eigenvalue weighted by atomic mass is 10.1. The summed E-state index contributed by atoms with van der Waals surface area (Å²) in [5.41, 5.74) is -1.40. The lowest BCUT2D eigenvalue weighted by molar-refractivity contribution is -0.137. The fourth-order valence-electron chi connectivity index (χ4n) is 1.59. The third-order valence-electron chi connectivity index (χ3n) is 2.73. The zero-order valence-corrected chi connectivity index (χ0v) is 12.9. The molecule has 3 nitrogen and oxygen atoms in total. The molecule has 21 heavy (non-hydrogen) atoms. The molecular formula is C14H18F3NO2S. The molecule has 118 valence electrons. The van der Waals surface area contributed by atoms with Gasteiger partial charge in [0.05, 0.1) is 11.1 Å². The molecule has 0 saturated carbocycles. The Morgan fingerprint density at radius 3 is 2.29 bits per heavy atom. The van der Waals surface area contributed by atoms with Gasteiger partial charge in [-0.05, 0) is 32.9 Å². The van der Waals surface area contributed by atoms with Crippen molar-refractivity contribution >= 4 is 16.7 Å². The van der Waals surface area contributed by atoms with Crippen molar-refractivity contribution < 1.29 is 22.2 Å². The summed E-state index contributed by atoms with van der Waals surface area (Å²) in [5.74, 6) is -0.613. The van der Waals surface area contributed by atoms with Gasteiger partial charge in [0.1, 0.15) is 0 Å². The van der Waals surface area contributed by atoms with Crippen molar-refractivity contribution in [3.8, 4) is 0 Å². The maximum atomic E-state index is 12.8. The molecule has 1 aromatic carbocycles. The molecule has 1 rings (SSSR count). The van der Waals surface area contributed by atoms with Gasteiger partial charge >= 0.3 is 6.18 Å². The van der Waals surface area contributed by atoms with E-state index in [2.05, 4.69) is 5.32 Å². The first-order valence-electron chi connectivity index (χ1n) is 6.36. The van der Waals surface area contributed by atoms with Crippen LogP contribution in [0.25, 0.3) is 0 Å². The van der Waals surface area contributed by atoms with E-state index in [0.717, 1.165) is 12.1 Å². The molecule has 0 fully saturated rings. The molecule has 0 aliphatic rings. The Kier molecular flexibility index (Phi) is 5.55. The van der Waals surface area contributed by atoms with E-state index >= 15 is 0 Å². The standard InChI is InChI=1S/C14H18F3NO2S/c1-13(2,3)21(20)9-8-18-12(19)10-6-4-5-7-11(10)14(15,16)17/h4-7H,8-9H2,1-3H3,(H,18,19). The Bertz CT molecular complexity index is 536. The lowest BCUT2D eigenvalue weighted by Crippen LogP contribution is -2.33. The number of carbonyl (C=O) groups excluding carboxylic acids is 1. The zero-order chi connectivity index (χ0) is 16.3. The average Bonchev–Trinajstić information content (AvgIpc) is 2.36. The van der Waals surface area contributed by atoms with Crippen LogP contribution in [-0.2, 0) is 17.0 Å². The number of alkyl halides is 3. The van der Waals surface area contributed by atoms with Crippen LogP contribution in [0.4, 0.5) is 13.2 Å². The highest BCUT2D eigenvalue weighted by atomic mass is 32.2. The summed E-state index contributed by atoms with van der Waals surface area (Å²) in [7, 11) is -1.17. The van der Waals surface area contributed by atoms with E-state index in [1.807, 2.05) is 0 Å². The Labute approximate surface area is 124 Å². The summed E-state index contributed by atoms with van der Waals surface area (Å²) in [6.45, 7) is 5.45. The summed E-state index contributed by atoms with van der Waals surface area (Å²) in [4.78, 5) is 11.8. The van der Waals surface area contributed by atoms with Gasteiger partial charge in [-0.15, -0.1) is 0 Å². The largest absolute Gasteiger partial charge is 0.417 e. The highest BCUT2D eigenvalue weighted by molar-refractivity contribution is 7.86. The number of amides is 1. The minimum atomic E-state index is -4.58. The van der Waals surface area contributed by atoms with Gasteiger partial charge in [-0.1, -0.05) is 12.1 Å². The molecule has 0 heterocycles.